The van der Waals surface area contributed by atoms with Gasteiger partial charge < -0.3 is 30.7 Å². The third kappa shape index (κ3) is 8.21. The number of nitrogens with two attached hydrogens (primary N) is 1. The number of primary amides is 1. The van der Waals surface area contributed by atoms with Gasteiger partial charge in [0.25, 0.3) is 5.91 Å². The number of amides is 4. The van der Waals surface area contributed by atoms with Crippen LogP contribution in [0.4, 0.5) is 10.5 Å². The smallest absolute Gasteiger partial charge is 0.408 e. The van der Waals surface area contributed by atoms with Crippen LogP contribution in [0, 0.1) is 0 Å². The monoisotopic (exact) mass is 552 g/mol. The topological polar surface area (TPSA) is 140 Å². The number of anilines is 1. The van der Waals surface area contributed by atoms with E-state index in [1.54, 1.807) is 52.1 Å². The highest BCUT2D eigenvalue weighted by Crippen LogP contribution is 2.35. The zero-order valence-corrected chi connectivity index (χ0v) is 23.9. The molecule has 2 aromatic rings. The van der Waals surface area contributed by atoms with E-state index in [9.17, 15) is 19.2 Å². The molecule has 4 amide bonds. The van der Waals surface area contributed by atoms with Gasteiger partial charge in [0.05, 0.1) is 13.5 Å². The number of nitrogens with zero attached hydrogens (tertiary/aromatic N) is 1. The van der Waals surface area contributed by atoms with E-state index in [1.165, 1.54) is 4.90 Å². The number of methoxy groups -OCH3 is 1. The quantitative estimate of drug-likeness (QED) is 0.384. The van der Waals surface area contributed by atoms with Gasteiger partial charge in [0.1, 0.15) is 23.4 Å². The van der Waals surface area contributed by atoms with Crippen molar-refractivity contribution in [1.29, 1.82) is 0 Å². The van der Waals surface area contributed by atoms with Crippen molar-refractivity contribution >= 4 is 29.5 Å². The molecule has 216 valence electrons. The van der Waals surface area contributed by atoms with E-state index >= 15 is 0 Å². The number of carbonyl (C=O) groups is 4. The molecular formula is C30H40N4O6. The predicted octanol–water partition coefficient (Wildman–Crippen LogP) is 4.09. The minimum atomic E-state index is -1.31. The molecule has 3 rings (SSSR count). The number of benzene rings is 2. The summed E-state index contributed by atoms with van der Waals surface area (Å²) in [7, 11) is 1.56. The maximum absolute atomic E-state index is 14.1. The molecule has 1 aliphatic rings. The summed E-state index contributed by atoms with van der Waals surface area (Å²) in [6.07, 6.45) is 1.77. The lowest BCUT2D eigenvalue weighted by molar-refractivity contribution is -0.146. The second-order valence-corrected chi connectivity index (χ2v) is 10.9. The van der Waals surface area contributed by atoms with Gasteiger partial charge in [0, 0.05) is 11.7 Å². The van der Waals surface area contributed by atoms with Crippen molar-refractivity contribution in [2.24, 2.45) is 5.73 Å². The molecule has 0 aliphatic heterocycles. The predicted molar refractivity (Wildman–Crippen MR) is 152 cm³/mol. The Labute approximate surface area is 235 Å². The molecule has 10 heteroatoms. The molecule has 1 saturated carbocycles. The van der Waals surface area contributed by atoms with Crippen LogP contribution in [-0.2, 0) is 25.5 Å². The Hall–Kier alpha value is -4.08. The van der Waals surface area contributed by atoms with Crippen molar-refractivity contribution in [1.82, 2.24) is 10.2 Å². The van der Waals surface area contributed by atoms with E-state index < -0.39 is 47.9 Å². The highest BCUT2D eigenvalue weighted by Gasteiger charge is 2.42. The first kappa shape index (κ1) is 30.5. The summed E-state index contributed by atoms with van der Waals surface area (Å²) in [6.45, 7) is 7.11. The van der Waals surface area contributed by atoms with Gasteiger partial charge in [-0.3, -0.25) is 14.4 Å². The van der Waals surface area contributed by atoms with Crippen molar-refractivity contribution in [3.8, 4) is 5.75 Å². The van der Waals surface area contributed by atoms with E-state index in [4.69, 9.17) is 15.2 Å². The van der Waals surface area contributed by atoms with E-state index in [-0.39, 0.29) is 6.04 Å². The van der Waals surface area contributed by atoms with Crippen LogP contribution >= 0.6 is 0 Å². The number of nitrogens with one attached hydrogen (secondary N) is 2. The average molecular weight is 553 g/mol. The summed E-state index contributed by atoms with van der Waals surface area (Å²) in [5.74, 6) is -1.14. The van der Waals surface area contributed by atoms with Crippen LogP contribution in [0.1, 0.15) is 70.5 Å². The minimum absolute atomic E-state index is 0.263. The largest absolute Gasteiger partial charge is 0.497 e. The SMILES string of the molecule is CCc1ccc(C(C(=O)Nc2ccc(OC)cc2)N(C(=O)C(CC(N)=O)NC(=O)OC(C)(C)C)C2CCC2)cc1. The van der Waals surface area contributed by atoms with Gasteiger partial charge in [0.15, 0.2) is 0 Å². The molecule has 2 unspecified atom stereocenters. The van der Waals surface area contributed by atoms with Crippen LogP contribution in [0.2, 0.25) is 0 Å². The van der Waals surface area contributed by atoms with Gasteiger partial charge >= 0.3 is 6.09 Å². The van der Waals surface area contributed by atoms with Crippen LogP contribution in [0.15, 0.2) is 48.5 Å². The number of alkyl carbamates (subject to hydrolysis) is 1. The summed E-state index contributed by atoms with van der Waals surface area (Å²) in [5, 5.41) is 5.43. The molecular weight excluding hydrogens is 512 g/mol. The summed E-state index contributed by atoms with van der Waals surface area (Å²) < 4.78 is 10.5. The van der Waals surface area contributed by atoms with E-state index in [0.717, 1.165) is 18.4 Å². The summed E-state index contributed by atoms with van der Waals surface area (Å²) in [6, 6.07) is 11.8. The molecule has 0 saturated heterocycles. The fourth-order valence-corrected chi connectivity index (χ4v) is 4.47. The van der Waals surface area contributed by atoms with Crippen molar-refractivity contribution < 1.29 is 28.7 Å². The van der Waals surface area contributed by atoms with Crippen LogP contribution in [0.5, 0.6) is 5.75 Å². The lowest BCUT2D eigenvalue weighted by Gasteiger charge is -2.43. The van der Waals surface area contributed by atoms with Gasteiger partial charge in [-0.25, -0.2) is 4.79 Å². The number of ether oxygens (including phenoxy) is 2. The first-order valence-corrected chi connectivity index (χ1v) is 13.6. The third-order valence-corrected chi connectivity index (χ3v) is 6.70. The van der Waals surface area contributed by atoms with Crippen molar-refractivity contribution in [2.75, 3.05) is 12.4 Å². The fraction of sp³-hybridized carbons (Fsp3) is 0.467. The molecule has 0 radical (unpaired) electrons. The molecule has 4 N–H and O–H groups in total. The van der Waals surface area contributed by atoms with Gasteiger partial charge in [-0.2, -0.15) is 0 Å². The van der Waals surface area contributed by atoms with Gasteiger partial charge in [-0.1, -0.05) is 31.2 Å². The van der Waals surface area contributed by atoms with E-state index in [0.29, 0.717) is 29.8 Å². The van der Waals surface area contributed by atoms with Crippen molar-refractivity contribution in [3.05, 3.63) is 59.7 Å². The Morgan fingerprint density at radius 2 is 1.65 bits per heavy atom. The molecule has 0 heterocycles. The van der Waals surface area contributed by atoms with Crippen LogP contribution in [-0.4, -0.2) is 53.5 Å². The maximum atomic E-state index is 14.1. The van der Waals surface area contributed by atoms with Gasteiger partial charge in [-0.05, 0) is 81.8 Å². The molecule has 10 nitrogen and oxygen atoms in total. The second kappa shape index (κ2) is 13.3. The zero-order valence-electron chi connectivity index (χ0n) is 23.9. The standard InChI is InChI=1S/C30H40N4O6/c1-6-19-10-12-20(13-11-19)26(27(36)32-21-14-16-23(39-5)17-15-21)34(22-8-7-9-22)28(37)24(18-25(31)35)33-29(38)40-30(2,3)4/h10-17,22,24,26H,6-9,18H2,1-5H3,(H2,31,35)(H,32,36)(H,33,38). The van der Waals surface area contributed by atoms with E-state index in [1.807, 2.05) is 31.2 Å². The highest BCUT2D eigenvalue weighted by molar-refractivity contribution is 6.00. The van der Waals surface area contributed by atoms with Crippen molar-refractivity contribution in [2.45, 2.75) is 83.5 Å². The molecule has 2 aromatic carbocycles. The fourth-order valence-electron chi connectivity index (χ4n) is 4.47. The highest BCUT2D eigenvalue weighted by atomic mass is 16.6. The first-order valence-electron chi connectivity index (χ1n) is 13.6. The molecule has 0 bridgehead atoms. The Balaban J connectivity index is 2.01. The lowest BCUT2D eigenvalue weighted by atomic mass is 9.87. The molecule has 2 atom stereocenters. The first-order chi connectivity index (χ1) is 18.9. The zero-order chi connectivity index (χ0) is 29.4. The van der Waals surface area contributed by atoms with Crippen LogP contribution in [0.3, 0.4) is 0 Å². The normalized spacial score (nSPS) is 14.7. The van der Waals surface area contributed by atoms with Gasteiger partial charge in [0.2, 0.25) is 11.8 Å². The molecule has 1 fully saturated rings. The number of rotatable bonds is 11. The Kier molecular flexibility index (Phi) is 10.1. The summed E-state index contributed by atoms with van der Waals surface area (Å²) in [5.41, 5.74) is 6.87. The lowest BCUT2D eigenvalue weighted by Crippen LogP contribution is -2.57. The Bertz CT molecular complexity index is 1190. The third-order valence-electron chi connectivity index (χ3n) is 6.70. The molecule has 40 heavy (non-hydrogen) atoms. The number of aryl methyl sites for hydroxylation is 1. The van der Waals surface area contributed by atoms with Crippen LogP contribution in [0.25, 0.3) is 0 Å². The Morgan fingerprint density at radius 1 is 1.02 bits per heavy atom. The number of carbonyl (C=O) groups excluding carboxylic acids is 4. The second-order valence-electron chi connectivity index (χ2n) is 10.9. The molecule has 0 aromatic heterocycles. The van der Waals surface area contributed by atoms with Gasteiger partial charge in [-0.15, -0.1) is 0 Å². The van der Waals surface area contributed by atoms with Crippen LogP contribution < -0.4 is 21.1 Å². The molecule has 0 spiro atoms. The van der Waals surface area contributed by atoms with Crippen molar-refractivity contribution in [3.63, 3.8) is 0 Å². The van der Waals surface area contributed by atoms with E-state index in [2.05, 4.69) is 10.6 Å². The number of hydrogen-bond acceptors (Lipinski definition) is 6. The maximum Gasteiger partial charge on any atom is 0.408 e. The average Bonchev–Trinajstić information content (AvgIpc) is 2.86. The number of hydrogen-bond donors (Lipinski definition) is 3. The molecule has 1 aliphatic carbocycles. The minimum Gasteiger partial charge on any atom is -0.497 e. The summed E-state index contributed by atoms with van der Waals surface area (Å²) >= 11 is 0. The Morgan fingerprint density at radius 3 is 2.12 bits per heavy atom. The summed E-state index contributed by atoms with van der Waals surface area (Å²) in [4.78, 5) is 54.2.